The summed E-state index contributed by atoms with van der Waals surface area (Å²) in [5.41, 5.74) is -3.86. The first-order valence-electron chi connectivity index (χ1n) is 9.16. The van der Waals surface area contributed by atoms with Crippen LogP contribution >= 0.6 is 23.2 Å². The maximum absolute atomic E-state index is 14.0. The van der Waals surface area contributed by atoms with Gasteiger partial charge in [-0.25, -0.2) is 4.39 Å². The number of benzene rings is 2. The first-order chi connectivity index (χ1) is 14.9. The van der Waals surface area contributed by atoms with Crippen molar-refractivity contribution < 1.29 is 31.9 Å². The topological polar surface area (TPSA) is 150 Å². The molecule has 0 aliphatic rings. The fraction of sp³-hybridized carbons (Fsp3) is 0.368. The van der Waals surface area contributed by atoms with Gasteiger partial charge in [0.2, 0.25) is 0 Å². The van der Waals surface area contributed by atoms with Gasteiger partial charge < -0.3 is 5.11 Å². The monoisotopic (exact) mass is 524 g/mol. The van der Waals surface area contributed by atoms with E-state index >= 15 is 0 Å². The van der Waals surface area contributed by atoms with Crippen molar-refractivity contribution in [2.45, 2.75) is 42.0 Å². The minimum absolute atomic E-state index is 0.0196. The second-order valence-corrected chi connectivity index (χ2v) is 11.1. The number of aryl methyl sites for hydroxylation is 2. The lowest BCUT2D eigenvalue weighted by Crippen LogP contribution is -2.37. The van der Waals surface area contributed by atoms with Crippen molar-refractivity contribution in [2.24, 2.45) is 0 Å². The third-order valence-corrected chi connectivity index (χ3v) is 6.26. The van der Waals surface area contributed by atoms with Crippen molar-refractivity contribution in [1.82, 2.24) is 0 Å². The van der Waals surface area contributed by atoms with Gasteiger partial charge in [-0.15, -0.1) is 23.2 Å². The first kappa shape index (κ1) is 26.9. The summed E-state index contributed by atoms with van der Waals surface area (Å²) in [7, 11) is -4.83. The Kier molecular flexibility index (Phi) is 7.71. The average Bonchev–Trinajstić information content (AvgIpc) is 2.63. The van der Waals surface area contributed by atoms with Crippen LogP contribution < -0.4 is 0 Å². The second-order valence-electron chi connectivity index (χ2n) is 7.64. The number of hydrogen-bond acceptors (Lipinski definition) is 8. The van der Waals surface area contributed by atoms with Crippen LogP contribution in [0.15, 0.2) is 35.2 Å². The fourth-order valence-corrected chi connectivity index (χ4v) is 5.08. The Hall–Kier alpha value is -2.38. The maximum atomic E-state index is 14.0. The Balaban J connectivity index is 2.57. The molecule has 1 atom stereocenters. The van der Waals surface area contributed by atoms with Crippen LogP contribution in [0.2, 0.25) is 0 Å². The molecule has 33 heavy (non-hydrogen) atoms. The van der Waals surface area contributed by atoms with Gasteiger partial charge in [0.25, 0.3) is 11.4 Å². The van der Waals surface area contributed by atoms with Crippen LogP contribution in [-0.2, 0) is 19.9 Å². The first-order valence-corrected chi connectivity index (χ1v) is 11.3. The number of nitrogens with zero attached hydrogens (tertiary/aromatic N) is 2. The van der Waals surface area contributed by atoms with Gasteiger partial charge in [0.1, 0.15) is 15.8 Å². The second kappa shape index (κ2) is 9.47. The van der Waals surface area contributed by atoms with Gasteiger partial charge in [0.05, 0.1) is 22.5 Å². The van der Waals surface area contributed by atoms with Crippen LogP contribution in [0.5, 0.6) is 0 Å². The van der Waals surface area contributed by atoms with E-state index in [0.717, 1.165) is 18.2 Å². The number of hydrogen-bond donors (Lipinski definition) is 1. The lowest BCUT2D eigenvalue weighted by atomic mass is 9.89. The number of non-ortho nitro benzene ring substituents is 1. The molecule has 0 aliphatic heterocycles. The summed E-state index contributed by atoms with van der Waals surface area (Å²) in [5, 5.41) is 33.7. The molecule has 1 N–H and O–H groups in total. The highest BCUT2D eigenvalue weighted by atomic mass is 35.5. The lowest BCUT2D eigenvalue weighted by molar-refractivity contribution is -0.388. The van der Waals surface area contributed by atoms with Crippen molar-refractivity contribution in [2.75, 3.05) is 6.61 Å². The predicted octanol–water partition coefficient (Wildman–Crippen LogP) is 4.44. The van der Waals surface area contributed by atoms with Gasteiger partial charge in [-0.1, -0.05) is 6.07 Å². The minimum Gasteiger partial charge on any atom is -0.383 e. The zero-order valence-electron chi connectivity index (χ0n) is 17.5. The predicted molar refractivity (Wildman–Crippen MR) is 117 cm³/mol. The zero-order chi connectivity index (χ0) is 25.4. The van der Waals surface area contributed by atoms with Crippen molar-refractivity contribution in [3.05, 3.63) is 73.1 Å². The summed E-state index contributed by atoms with van der Waals surface area (Å²) in [6, 6.07) is 4.58. The van der Waals surface area contributed by atoms with E-state index in [0.29, 0.717) is 11.6 Å². The maximum Gasteiger partial charge on any atom is 0.304 e. The summed E-state index contributed by atoms with van der Waals surface area (Å²) in [6.45, 7) is 3.00. The molecule has 14 heteroatoms. The Labute approximate surface area is 198 Å². The standard InChI is InChI=1S/C19H19Cl2FN2O8S/c1-11-4-12(2)17(16(5-11)24(28)29)33(30,31)32-10-19(25,9-18(3,20)21)13-6-14(22)8-15(7-13)23(26)27/h4-8,25H,9-10H2,1-3H3. The molecular formula is C19H19Cl2FN2O8S. The van der Waals surface area contributed by atoms with Crippen molar-refractivity contribution in [3.63, 3.8) is 0 Å². The largest absolute Gasteiger partial charge is 0.383 e. The third kappa shape index (κ3) is 6.58. The van der Waals surface area contributed by atoms with Gasteiger partial charge in [-0.05, 0) is 43.5 Å². The van der Waals surface area contributed by atoms with Gasteiger partial charge in [-0.3, -0.25) is 24.4 Å². The molecule has 0 saturated carbocycles. The smallest absolute Gasteiger partial charge is 0.304 e. The van der Waals surface area contributed by atoms with Crippen LogP contribution in [0.3, 0.4) is 0 Å². The van der Waals surface area contributed by atoms with Crippen molar-refractivity contribution in [1.29, 1.82) is 0 Å². The van der Waals surface area contributed by atoms with Gasteiger partial charge >= 0.3 is 10.1 Å². The van der Waals surface area contributed by atoms with E-state index in [-0.39, 0.29) is 5.56 Å². The zero-order valence-corrected chi connectivity index (χ0v) is 19.9. The normalized spacial score (nSPS) is 14.0. The minimum atomic E-state index is -4.83. The Morgan fingerprint density at radius 1 is 1.09 bits per heavy atom. The van der Waals surface area contributed by atoms with Crippen molar-refractivity contribution >= 4 is 44.7 Å². The van der Waals surface area contributed by atoms with E-state index in [1.165, 1.54) is 26.8 Å². The van der Waals surface area contributed by atoms with Gasteiger partial charge in [0.15, 0.2) is 4.90 Å². The third-order valence-electron chi connectivity index (χ3n) is 4.53. The van der Waals surface area contributed by atoms with E-state index in [9.17, 15) is 38.1 Å². The molecule has 0 saturated heterocycles. The molecule has 1 unspecified atom stereocenters. The summed E-state index contributed by atoms with van der Waals surface area (Å²) < 4.78 is 43.0. The Morgan fingerprint density at radius 2 is 1.70 bits per heavy atom. The quantitative estimate of drug-likeness (QED) is 0.219. The highest BCUT2D eigenvalue weighted by molar-refractivity contribution is 7.87. The summed E-state index contributed by atoms with van der Waals surface area (Å²) in [6.07, 6.45) is -0.631. The molecule has 0 aromatic heterocycles. The van der Waals surface area contributed by atoms with E-state index in [1.54, 1.807) is 0 Å². The highest BCUT2D eigenvalue weighted by Gasteiger charge is 2.41. The number of nitro groups is 2. The molecule has 180 valence electrons. The lowest BCUT2D eigenvalue weighted by Gasteiger charge is -2.32. The molecule has 0 bridgehead atoms. The van der Waals surface area contributed by atoms with Gasteiger partial charge in [0, 0.05) is 18.6 Å². The van der Waals surface area contributed by atoms with Crippen LogP contribution in [0.4, 0.5) is 15.8 Å². The molecule has 0 heterocycles. The van der Waals surface area contributed by atoms with E-state index in [1.807, 2.05) is 0 Å². The SMILES string of the molecule is Cc1cc(C)c(S(=O)(=O)OCC(O)(CC(C)(Cl)Cl)c2cc(F)cc([N+](=O)[O-])c2)c([N+](=O)[O-])c1. The van der Waals surface area contributed by atoms with Crippen LogP contribution in [0, 0.1) is 39.9 Å². The molecule has 2 aromatic rings. The van der Waals surface area contributed by atoms with E-state index in [2.05, 4.69) is 0 Å². The van der Waals surface area contributed by atoms with Crippen LogP contribution in [0.1, 0.15) is 30.0 Å². The molecule has 10 nitrogen and oxygen atoms in total. The molecule has 2 rings (SSSR count). The summed E-state index contributed by atoms with van der Waals surface area (Å²) in [5.74, 6) is -1.09. The summed E-state index contributed by atoms with van der Waals surface area (Å²) >= 11 is 11.9. The molecule has 0 spiro atoms. The molecule has 2 aromatic carbocycles. The number of alkyl halides is 2. The molecule has 0 aliphatic carbocycles. The summed E-state index contributed by atoms with van der Waals surface area (Å²) in [4.78, 5) is 20.0. The number of rotatable bonds is 9. The fourth-order valence-electron chi connectivity index (χ4n) is 3.32. The number of halogens is 3. The Morgan fingerprint density at radius 3 is 2.21 bits per heavy atom. The average molecular weight is 525 g/mol. The van der Waals surface area contributed by atoms with Crippen LogP contribution in [0.25, 0.3) is 0 Å². The molecular weight excluding hydrogens is 506 g/mol. The van der Waals surface area contributed by atoms with E-state index < -0.39 is 70.6 Å². The van der Waals surface area contributed by atoms with Crippen molar-refractivity contribution in [3.8, 4) is 0 Å². The number of aliphatic hydroxyl groups is 1. The highest BCUT2D eigenvalue weighted by Crippen LogP contribution is 2.39. The molecule has 0 fully saturated rings. The number of nitro benzene ring substituents is 2. The Bertz CT molecular complexity index is 1220. The molecule has 0 amide bonds. The van der Waals surface area contributed by atoms with E-state index in [4.69, 9.17) is 27.4 Å². The van der Waals surface area contributed by atoms with Gasteiger partial charge in [-0.2, -0.15) is 8.42 Å². The van der Waals surface area contributed by atoms with Crippen LogP contribution in [-0.4, -0.2) is 34.3 Å². The molecule has 0 radical (unpaired) electrons.